The maximum absolute atomic E-state index is 14.8. The molecule has 0 bridgehead atoms. The second-order valence-electron chi connectivity index (χ2n) is 7.85. The van der Waals surface area contributed by atoms with Crippen molar-refractivity contribution in [1.82, 2.24) is 9.71 Å². The van der Waals surface area contributed by atoms with Crippen molar-refractivity contribution in [3.05, 3.63) is 34.8 Å². The Labute approximate surface area is 158 Å². The molecule has 1 aromatic heterocycles. The van der Waals surface area contributed by atoms with E-state index in [9.17, 15) is 8.94 Å². The van der Waals surface area contributed by atoms with E-state index in [1.54, 1.807) is 12.3 Å². The highest BCUT2D eigenvalue weighted by Crippen LogP contribution is 2.29. The number of hydrogen-bond acceptors (Lipinski definition) is 3. The standard InChI is InChI=1S/C17H28BrFN2OSSi/c1-8-9-10-12(21-23(22)17(2,3)4)16-14(18)15(19)13(11-20-16)24(5,6)7/h8,11-12,21H,1,9-10H2,2-7H3/t12-,23+/m1/s1. The summed E-state index contributed by atoms with van der Waals surface area (Å²) in [5.74, 6) is -0.244. The second-order valence-corrected chi connectivity index (χ2v) is 15.7. The van der Waals surface area contributed by atoms with Gasteiger partial charge in [-0.05, 0) is 54.7 Å². The maximum atomic E-state index is 14.8. The maximum Gasteiger partial charge on any atom is 0.140 e. The zero-order chi connectivity index (χ0) is 18.7. The van der Waals surface area contributed by atoms with Crippen molar-refractivity contribution >= 4 is 40.6 Å². The minimum atomic E-state index is -1.82. The topological polar surface area (TPSA) is 48.0 Å². The summed E-state index contributed by atoms with van der Waals surface area (Å²) in [4.78, 5) is 4.51. The van der Waals surface area contributed by atoms with Crippen LogP contribution in [0.1, 0.15) is 45.3 Å². The number of nitrogens with one attached hydrogen (secondary N) is 1. The first-order valence-corrected chi connectivity index (χ1v) is 13.5. The molecule has 136 valence electrons. The molecule has 0 unspecified atom stereocenters. The zero-order valence-electron chi connectivity index (χ0n) is 15.4. The van der Waals surface area contributed by atoms with Crippen LogP contribution in [-0.2, 0) is 11.4 Å². The van der Waals surface area contributed by atoms with Crippen LogP contribution in [0, 0.1) is 5.82 Å². The number of halogens is 2. The van der Waals surface area contributed by atoms with Crippen LogP contribution in [0.15, 0.2) is 23.3 Å². The van der Waals surface area contributed by atoms with Crippen LogP contribution < -0.4 is 9.91 Å². The summed E-state index contributed by atoms with van der Waals surface area (Å²) in [5.41, 5.74) is 0.564. The van der Waals surface area contributed by atoms with Crippen LogP contribution in [-0.4, -0.2) is 22.4 Å². The van der Waals surface area contributed by atoms with E-state index in [0.717, 1.165) is 6.42 Å². The monoisotopic (exact) mass is 434 g/mol. The van der Waals surface area contributed by atoms with Crippen molar-refractivity contribution in [1.29, 1.82) is 0 Å². The van der Waals surface area contributed by atoms with Gasteiger partial charge in [-0.15, -0.1) is 11.3 Å². The molecule has 24 heavy (non-hydrogen) atoms. The Bertz CT molecular complexity index is 587. The molecule has 0 aromatic carbocycles. The molecule has 3 nitrogen and oxygen atoms in total. The zero-order valence-corrected chi connectivity index (χ0v) is 18.8. The van der Waals surface area contributed by atoms with Gasteiger partial charge in [0, 0.05) is 17.6 Å². The van der Waals surface area contributed by atoms with E-state index in [0.29, 0.717) is 21.8 Å². The summed E-state index contributed by atoms with van der Waals surface area (Å²) in [6, 6.07) is -0.303. The van der Waals surface area contributed by atoms with Crippen LogP contribution in [0.25, 0.3) is 0 Å². The summed E-state index contributed by atoms with van der Waals surface area (Å²) in [6.45, 7) is 15.7. The fraction of sp³-hybridized carbons (Fsp3) is 0.588. The lowest BCUT2D eigenvalue weighted by Crippen LogP contribution is -2.43. The molecule has 0 aliphatic heterocycles. The molecule has 0 spiro atoms. The molecule has 1 rings (SSSR count). The molecule has 1 heterocycles. The predicted molar refractivity (Wildman–Crippen MR) is 108 cm³/mol. The van der Waals surface area contributed by atoms with Gasteiger partial charge in [-0.25, -0.2) is 4.39 Å². The average Bonchev–Trinajstić information content (AvgIpc) is 2.43. The van der Waals surface area contributed by atoms with E-state index in [1.807, 2.05) is 20.8 Å². The highest BCUT2D eigenvalue weighted by molar-refractivity contribution is 9.10. The quantitative estimate of drug-likeness (QED) is 0.387. The average molecular weight is 435 g/mol. The lowest BCUT2D eigenvalue weighted by atomic mass is 10.1. The van der Waals surface area contributed by atoms with E-state index in [1.165, 1.54) is 0 Å². The Morgan fingerprint density at radius 1 is 1.46 bits per heavy atom. The molecule has 0 fully saturated rings. The van der Waals surface area contributed by atoms with Gasteiger partial charge in [-0.1, -0.05) is 25.7 Å². The number of nitrogens with zero attached hydrogens (tertiary/aromatic N) is 1. The van der Waals surface area contributed by atoms with Gasteiger partial charge in [0.25, 0.3) is 0 Å². The number of pyridine rings is 1. The summed E-state index contributed by atoms with van der Waals surface area (Å²) in [7, 11) is -1.82. The van der Waals surface area contributed by atoms with Crippen molar-refractivity contribution in [2.75, 3.05) is 0 Å². The van der Waals surface area contributed by atoms with Crippen molar-refractivity contribution in [2.45, 2.75) is 64.0 Å². The van der Waals surface area contributed by atoms with Crippen LogP contribution in [0.4, 0.5) is 4.39 Å². The normalized spacial score (nSPS) is 15.2. The lowest BCUT2D eigenvalue weighted by molar-refractivity contribution is 0.505. The van der Waals surface area contributed by atoms with Crippen LogP contribution in [0.2, 0.25) is 19.6 Å². The van der Waals surface area contributed by atoms with E-state index >= 15 is 0 Å². The third kappa shape index (κ3) is 5.66. The minimum Gasteiger partial charge on any atom is -0.598 e. The smallest absolute Gasteiger partial charge is 0.140 e. The van der Waals surface area contributed by atoms with Crippen LogP contribution in [0.3, 0.4) is 0 Å². The van der Waals surface area contributed by atoms with Crippen LogP contribution >= 0.6 is 15.9 Å². The third-order valence-corrected chi connectivity index (χ3v) is 7.92. The summed E-state index contributed by atoms with van der Waals surface area (Å²) in [6.07, 6.45) is 4.83. The van der Waals surface area contributed by atoms with Gasteiger partial charge in [0.2, 0.25) is 0 Å². The SMILES string of the molecule is C=CCC[C@@H](N[S@@+]([O-])C(C)(C)C)c1ncc([Si](C)(C)C)c(F)c1Br. The fourth-order valence-corrected chi connectivity index (χ4v) is 4.94. The molecule has 7 heteroatoms. The Kier molecular flexibility index (Phi) is 7.68. The van der Waals surface area contributed by atoms with E-state index in [-0.39, 0.29) is 11.9 Å². The molecule has 0 saturated heterocycles. The molecule has 2 atom stereocenters. The van der Waals surface area contributed by atoms with Crippen LogP contribution in [0.5, 0.6) is 0 Å². The number of hydrogen-bond donors (Lipinski definition) is 1. The Hall–Kier alpha value is -0.213. The fourth-order valence-electron chi connectivity index (χ4n) is 2.09. The molecule has 1 N–H and O–H groups in total. The molecule has 1 aromatic rings. The first-order chi connectivity index (χ1) is 10.9. The third-order valence-electron chi connectivity index (χ3n) is 3.59. The van der Waals surface area contributed by atoms with Gasteiger partial charge >= 0.3 is 0 Å². The van der Waals surface area contributed by atoms with Gasteiger partial charge in [0.05, 0.1) is 24.3 Å². The molecule has 0 saturated carbocycles. The Balaban J connectivity index is 3.24. The van der Waals surface area contributed by atoms with Gasteiger partial charge < -0.3 is 4.55 Å². The van der Waals surface area contributed by atoms with E-state index in [2.05, 4.69) is 51.9 Å². The molecular weight excluding hydrogens is 407 g/mol. The van der Waals surface area contributed by atoms with Crippen molar-refractivity contribution in [3.63, 3.8) is 0 Å². The summed E-state index contributed by atoms with van der Waals surface area (Å²) >= 11 is 2.11. The van der Waals surface area contributed by atoms with Crippen molar-refractivity contribution < 1.29 is 8.94 Å². The predicted octanol–water partition coefficient (Wildman–Crippen LogP) is 4.59. The number of rotatable bonds is 7. The second kappa shape index (κ2) is 8.45. The molecule has 0 amide bonds. The van der Waals surface area contributed by atoms with Crippen molar-refractivity contribution in [2.24, 2.45) is 0 Å². The van der Waals surface area contributed by atoms with Gasteiger partial charge in [0.1, 0.15) is 10.6 Å². The minimum absolute atomic E-state index is 0.244. The lowest BCUT2D eigenvalue weighted by Gasteiger charge is -2.28. The Morgan fingerprint density at radius 2 is 2.04 bits per heavy atom. The Morgan fingerprint density at radius 3 is 2.50 bits per heavy atom. The summed E-state index contributed by atoms with van der Waals surface area (Å²) in [5, 5.41) is 0.692. The number of aromatic nitrogens is 1. The van der Waals surface area contributed by atoms with E-state index < -0.39 is 24.2 Å². The largest absolute Gasteiger partial charge is 0.598 e. The molecule has 0 aliphatic rings. The summed E-state index contributed by atoms with van der Waals surface area (Å²) < 4.78 is 30.4. The van der Waals surface area contributed by atoms with Gasteiger partial charge in [-0.3, -0.25) is 4.98 Å². The molecular formula is C17H28BrFN2OSSi. The van der Waals surface area contributed by atoms with Gasteiger partial charge in [-0.2, -0.15) is 0 Å². The molecule has 0 aliphatic carbocycles. The first-order valence-electron chi connectivity index (χ1n) is 8.03. The van der Waals surface area contributed by atoms with Gasteiger partial charge in [0.15, 0.2) is 0 Å². The first kappa shape index (κ1) is 21.8. The van der Waals surface area contributed by atoms with E-state index in [4.69, 9.17) is 0 Å². The highest BCUT2D eigenvalue weighted by atomic mass is 79.9. The molecule has 0 radical (unpaired) electrons. The highest BCUT2D eigenvalue weighted by Gasteiger charge is 2.32. The number of allylic oxidation sites excluding steroid dienone is 1. The van der Waals surface area contributed by atoms with Crippen molar-refractivity contribution in [3.8, 4) is 0 Å².